The highest BCUT2D eigenvalue weighted by molar-refractivity contribution is 5.85. The third-order valence-electron chi connectivity index (χ3n) is 5.28. The number of fused-ring (bicyclic) bond motifs is 1. The van der Waals surface area contributed by atoms with Crippen LogP contribution < -0.4 is 5.32 Å². The first-order chi connectivity index (χ1) is 11.1. The number of aromatic nitrogens is 1. The smallest absolute Gasteiger partial charge is 0.199 e. The van der Waals surface area contributed by atoms with Crippen molar-refractivity contribution in [2.45, 2.75) is 32.1 Å². The summed E-state index contributed by atoms with van der Waals surface area (Å²) in [6.07, 6.45) is 3.51. The molecule has 4 rings (SSSR count). The number of nitrogens with one attached hydrogen (secondary N) is 1. The molecule has 3 heterocycles. The quantitative estimate of drug-likeness (QED) is 0.916. The molecule has 2 atom stereocenters. The zero-order valence-corrected chi connectivity index (χ0v) is 14.9. The standard InChI is InChI=1S/C18H24FN3O.ClH/c1-18(6-7-20-11-18)12-22-8-2-3-13(10-22)17-21-15-5-4-14(19)9-16(15)23-17;/h4-5,9,13,20H,2-3,6-8,10-12H2,1H3;1H. The van der Waals surface area contributed by atoms with Crippen LogP contribution in [0.4, 0.5) is 4.39 Å². The molecule has 2 aromatic rings. The average Bonchev–Trinajstić information content (AvgIpc) is 3.13. The lowest BCUT2D eigenvalue weighted by molar-refractivity contribution is 0.134. The van der Waals surface area contributed by atoms with Crippen LogP contribution in [0, 0.1) is 11.2 Å². The Labute approximate surface area is 148 Å². The van der Waals surface area contributed by atoms with Crippen LogP contribution in [0.15, 0.2) is 22.6 Å². The van der Waals surface area contributed by atoms with Gasteiger partial charge in [0.25, 0.3) is 0 Å². The summed E-state index contributed by atoms with van der Waals surface area (Å²) < 4.78 is 19.2. The second-order valence-corrected chi connectivity index (χ2v) is 7.48. The molecule has 0 saturated carbocycles. The lowest BCUT2D eigenvalue weighted by atomic mass is 9.87. The van der Waals surface area contributed by atoms with Gasteiger partial charge in [-0.05, 0) is 49.9 Å². The Balaban J connectivity index is 0.00000169. The normalized spacial score (nSPS) is 28.2. The van der Waals surface area contributed by atoms with Crippen LogP contribution in [-0.4, -0.2) is 42.6 Å². The van der Waals surface area contributed by atoms with E-state index in [2.05, 4.69) is 22.1 Å². The molecule has 2 aliphatic heterocycles. The monoisotopic (exact) mass is 353 g/mol. The highest BCUT2D eigenvalue weighted by Crippen LogP contribution is 2.32. The molecular formula is C18H25ClFN3O. The number of nitrogens with zero attached hydrogens (tertiary/aromatic N) is 2. The third kappa shape index (κ3) is 3.58. The molecule has 1 aromatic carbocycles. The number of benzene rings is 1. The van der Waals surface area contributed by atoms with Crippen LogP contribution in [0.3, 0.4) is 0 Å². The first kappa shape index (κ1) is 17.6. The zero-order valence-electron chi connectivity index (χ0n) is 14.1. The van der Waals surface area contributed by atoms with Crippen molar-refractivity contribution < 1.29 is 8.81 Å². The molecule has 0 amide bonds. The van der Waals surface area contributed by atoms with Crippen LogP contribution in [0.2, 0.25) is 0 Å². The van der Waals surface area contributed by atoms with Gasteiger partial charge in [-0.2, -0.15) is 0 Å². The van der Waals surface area contributed by atoms with Crippen LogP contribution in [0.5, 0.6) is 0 Å². The highest BCUT2D eigenvalue weighted by Gasteiger charge is 2.33. The predicted molar refractivity (Wildman–Crippen MR) is 95.2 cm³/mol. The summed E-state index contributed by atoms with van der Waals surface area (Å²) in [5.41, 5.74) is 1.70. The van der Waals surface area contributed by atoms with E-state index >= 15 is 0 Å². The second-order valence-electron chi connectivity index (χ2n) is 7.48. The summed E-state index contributed by atoms with van der Waals surface area (Å²) in [6, 6.07) is 4.57. The van der Waals surface area contributed by atoms with Crippen LogP contribution in [-0.2, 0) is 0 Å². The third-order valence-corrected chi connectivity index (χ3v) is 5.28. The molecule has 2 saturated heterocycles. The Morgan fingerprint density at radius 3 is 3.12 bits per heavy atom. The van der Waals surface area contributed by atoms with Gasteiger partial charge in [0.1, 0.15) is 11.3 Å². The Hall–Kier alpha value is -1.17. The molecule has 24 heavy (non-hydrogen) atoms. The van der Waals surface area contributed by atoms with E-state index < -0.39 is 0 Å². The van der Waals surface area contributed by atoms with Crippen molar-refractivity contribution in [2.24, 2.45) is 5.41 Å². The van der Waals surface area contributed by atoms with Gasteiger partial charge in [0, 0.05) is 31.6 Å². The fourth-order valence-electron chi connectivity index (χ4n) is 4.04. The van der Waals surface area contributed by atoms with Crippen molar-refractivity contribution >= 4 is 23.5 Å². The van der Waals surface area contributed by atoms with Gasteiger partial charge in [-0.1, -0.05) is 6.92 Å². The van der Waals surface area contributed by atoms with Crippen molar-refractivity contribution in [3.8, 4) is 0 Å². The fourth-order valence-corrected chi connectivity index (χ4v) is 4.04. The first-order valence-corrected chi connectivity index (χ1v) is 8.60. The van der Waals surface area contributed by atoms with Gasteiger partial charge in [-0.3, -0.25) is 0 Å². The van der Waals surface area contributed by atoms with Gasteiger partial charge in [-0.15, -0.1) is 12.4 Å². The molecule has 4 nitrogen and oxygen atoms in total. The molecule has 0 radical (unpaired) electrons. The molecule has 0 spiro atoms. The van der Waals surface area contributed by atoms with Crippen LogP contribution >= 0.6 is 12.4 Å². The molecule has 0 bridgehead atoms. The summed E-state index contributed by atoms with van der Waals surface area (Å²) >= 11 is 0. The van der Waals surface area contributed by atoms with E-state index in [0.717, 1.165) is 50.6 Å². The minimum Gasteiger partial charge on any atom is -0.440 e. The molecule has 1 N–H and O–H groups in total. The Bertz CT molecular complexity index is 699. The minimum absolute atomic E-state index is 0. The average molecular weight is 354 g/mol. The van der Waals surface area contributed by atoms with E-state index in [-0.39, 0.29) is 18.2 Å². The second kappa shape index (κ2) is 6.98. The molecule has 1 aromatic heterocycles. The van der Waals surface area contributed by atoms with E-state index in [9.17, 15) is 4.39 Å². The molecular weight excluding hydrogens is 329 g/mol. The number of piperidine rings is 1. The summed E-state index contributed by atoms with van der Waals surface area (Å²) in [5, 5.41) is 3.48. The lowest BCUT2D eigenvalue weighted by Crippen LogP contribution is -2.42. The topological polar surface area (TPSA) is 41.3 Å². The summed E-state index contributed by atoms with van der Waals surface area (Å²) in [6.45, 7) is 7.89. The number of rotatable bonds is 3. The molecule has 2 fully saturated rings. The summed E-state index contributed by atoms with van der Waals surface area (Å²) in [5.74, 6) is 0.814. The lowest BCUT2D eigenvalue weighted by Gasteiger charge is -2.36. The van der Waals surface area contributed by atoms with Gasteiger partial charge in [0.05, 0.1) is 0 Å². The minimum atomic E-state index is -0.271. The number of hydrogen-bond acceptors (Lipinski definition) is 4. The Kier molecular flexibility index (Phi) is 5.13. The summed E-state index contributed by atoms with van der Waals surface area (Å²) in [7, 11) is 0. The van der Waals surface area contributed by atoms with E-state index in [1.165, 1.54) is 25.0 Å². The predicted octanol–water partition coefficient (Wildman–Crippen LogP) is 3.57. The largest absolute Gasteiger partial charge is 0.440 e. The Morgan fingerprint density at radius 1 is 1.46 bits per heavy atom. The van der Waals surface area contributed by atoms with Crippen LogP contribution in [0.25, 0.3) is 11.1 Å². The first-order valence-electron chi connectivity index (χ1n) is 8.60. The van der Waals surface area contributed by atoms with Gasteiger partial charge < -0.3 is 14.6 Å². The van der Waals surface area contributed by atoms with Gasteiger partial charge in [0.2, 0.25) is 0 Å². The van der Waals surface area contributed by atoms with Crippen molar-refractivity contribution in [1.29, 1.82) is 0 Å². The maximum atomic E-state index is 13.3. The number of oxazole rings is 1. The number of likely N-dealkylation sites (tertiary alicyclic amines) is 1. The van der Waals surface area contributed by atoms with Gasteiger partial charge in [-0.25, -0.2) is 9.37 Å². The van der Waals surface area contributed by atoms with E-state index in [1.54, 1.807) is 6.07 Å². The number of halogens is 2. The summed E-state index contributed by atoms with van der Waals surface area (Å²) in [4.78, 5) is 7.14. The maximum Gasteiger partial charge on any atom is 0.199 e. The molecule has 6 heteroatoms. The highest BCUT2D eigenvalue weighted by atomic mass is 35.5. The van der Waals surface area contributed by atoms with Gasteiger partial charge >= 0.3 is 0 Å². The fraction of sp³-hybridized carbons (Fsp3) is 0.611. The van der Waals surface area contributed by atoms with Crippen molar-refractivity contribution in [2.75, 3.05) is 32.7 Å². The van der Waals surface area contributed by atoms with E-state index in [0.29, 0.717) is 16.9 Å². The van der Waals surface area contributed by atoms with Crippen molar-refractivity contribution in [1.82, 2.24) is 15.2 Å². The molecule has 0 aliphatic carbocycles. The van der Waals surface area contributed by atoms with E-state index in [1.807, 2.05) is 0 Å². The molecule has 2 unspecified atom stereocenters. The van der Waals surface area contributed by atoms with Crippen molar-refractivity contribution in [3.63, 3.8) is 0 Å². The van der Waals surface area contributed by atoms with E-state index in [4.69, 9.17) is 4.42 Å². The SMILES string of the molecule is CC1(CN2CCCC(c3nc4ccc(F)cc4o3)C2)CCNC1.Cl. The number of hydrogen-bond donors (Lipinski definition) is 1. The maximum absolute atomic E-state index is 13.3. The van der Waals surface area contributed by atoms with Crippen LogP contribution in [0.1, 0.15) is 38.0 Å². The molecule has 132 valence electrons. The Morgan fingerprint density at radius 2 is 2.33 bits per heavy atom. The zero-order chi connectivity index (χ0) is 15.9. The van der Waals surface area contributed by atoms with Crippen molar-refractivity contribution in [3.05, 3.63) is 29.9 Å². The van der Waals surface area contributed by atoms with Gasteiger partial charge in [0.15, 0.2) is 11.5 Å². The molecule has 2 aliphatic rings.